The van der Waals surface area contributed by atoms with Crippen molar-refractivity contribution in [2.24, 2.45) is 5.92 Å². The fourth-order valence-corrected chi connectivity index (χ4v) is 1.39. The standard InChI is InChI=1S/C10H20O2/c1-7(2)8(11)5-6-9-10(3,4)12-9/h7-9,11H,5-6H2,1-4H3. The van der Waals surface area contributed by atoms with Crippen molar-refractivity contribution < 1.29 is 9.84 Å². The molecule has 0 amide bonds. The Morgan fingerprint density at radius 1 is 1.42 bits per heavy atom. The Bertz CT molecular complexity index is 150. The second-order valence-corrected chi connectivity index (χ2v) is 4.60. The number of aliphatic hydroxyl groups excluding tert-OH is 1. The maximum Gasteiger partial charge on any atom is 0.0892 e. The highest BCUT2D eigenvalue weighted by Gasteiger charge is 2.47. The summed E-state index contributed by atoms with van der Waals surface area (Å²) in [7, 11) is 0. The van der Waals surface area contributed by atoms with E-state index in [-0.39, 0.29) is 11.7 Å². The monoisotopic (exact) mass is 172 g/mol. The molecule has 1 saturated heterocycles. The Hall–Kier alpha value is -0.0800. The SMILES string of the molecule is CC(C)C(O)CCC1OC1(C)C. The highest BCUT2D eigenvalue weighted by atomic mass is 16.6. The number of aliphatic hydroxyl groups is 1. The molecule has 0 aromatic carbocycles. The smallest absolute Gasteiger partial charge is 0.0892 e. The molecule has 1 aliphatic heterocycles. The molecule has 1 fully saturated rings. The molecule has 12 heavy (non-hydrogen) atoms. The third-order valence-electron chi connectivity index (χ3n) is 2.66. The summed E-state index contributed by atoms with van der Waals surface area (Å²) >= 11 is 0. The molecule has 72 valence electrons. The first-order chi connectivity index (χ1) is 5.43. The quantitative estimate of drug-likeness (QED) is 0.657. The normalized spacial score (nSPS) is 29.0. The lowest BCUT2D eigenvalue weighted by molar-refractivity contribution is 0.111. The minimum absolute atomic E-state index is 0.0801. The van der Waals surface area contributed by atoms with Crippen LogP contribution in [0.3, 0.4) is 0 Å². The van der Waals surface area contributed by atoms with Crippen molar-refractivity contribution in [2.75, 3.05) is 0 Å². The highest BCUT2D eigenvalue weighted by molar-refractivity contribution is 4.94. The summed E-state index contributed by atoms with van der Waals surface area (Å²) in [4.78, 5) is 0. The molecular weight excluding hydrogens is 152 g/mol. The molecule has 0 aliphatic carbocycles. The molecule has 0 saturated carbocycles. The molecule has 0 aromatic rings. The van der Waals surface area contributed by atoms with E-state index in [0.29, 0.717) is 12.0 Å². The van der Waals surface area contributed by atoms with E-state index in [0.717, 1.165) is 12.8 Å². The van der Waals surface area contributed by atoms with E-state index < -0.39 is 0 Å². The van der Waals surface area contributed by atoms with Gasteiger partial charge in [0, 0.05) is 0 Å². The molecule has 0 bridgehead atoms. The van der Waals surface area contributed by atoms with Gasteiger partial charge in [0.05, 0.1) is 17.8 Å². The predicted octanol–water partition coefficient (Wildman–Crippen LogP) is 1.96. The number of hydrogen-bond donors (Lipinski definition) is 1. The van der Waals surface area contributed by atoms with Crippen LogP contribution >= 0.6 is 0 Å². The third-order valence-corrected chi connectivity index (χ3v) is 2.66. The average Bonchev–Trinajstić information content (AvgIpc) is 2.54. The molecule has 1 rings (SSSR count). The molecule has 1 heterocycles. The highest BCUT2D eigenvalue weighted by Crippen LogP contribution is 2.38. The van der Waals surface area contributed by atoms with Gasteiger partial charge in [-0.05, 0) is 32.6 Å². The van der Waals surface area contributed by atoms with Gasteiger partial charge in [0.2, 0.25) is 0 Å². The van der Waals surface area contributed by atoms with Crippen LogP contribution in [0.25, 0.3) is 0 Å². The topological polar surface area (TPSA) is 32.8 Å². The van der Waals surface area contributed by atoms with Crippen LogP contribution in [0.1, 0.15) is 40.5 Å². The first-order valence-corrected chi connectivity index (χ1v) is 4.79. The maximum absolute atomic E-state index is 9.52. The second-order valence-electron chi connectivity index (χ2n) is 4.60. The van der Waals surface area contributed by atoms with E-state index in [2.05, 4.69) is 13.8 Å². The zero-order valence-electron chi connectivity index (χ0n) is 8.50. The lowest BCUT2D eigenvalue weighted by atomic mass is 9.98. The molecule has 0 aromatic heterocycles. The Balaban J connectivity index is 2.11. The molecule has 2 heteroatoms. The molecule has 1 N–H and O–H groups in total. The van der Waals surface area contributed by atoms with Crippen molar-refractivity contribution in [3.63, 3.8) is 0 Å². The van der Waals surface area contributed by atoms with Crippen LogP contribution in [0.15, 0.2) is 0 Å². The van der Waals surface area contributed by atoms with Crippen LogP contribution in [-0.2, 0) is 4.74 Å². The Labute approximate surface area is 74.9 Å². The van der Waals surface area contributed by atoms with E-state index >= 15 is 0 Å². The minimum Gasteiger partial charge on any atom is -0.393 e. The van der Waals surface area contributed by atoms with Crippen LogP contribution in [0.4, 0.5) is 0 Å². The summed E-state index contributed by atoms with van der Waals surface area (Å²) in [5, 5.41) is 9.52. The van der Waals surface area contributed by atoms with E-state index in [1.165, 1.54) is 0 Å². The van der Waals surface area contributed by atoms with Crippen LogP contribution in [0, 0.1) is 5.92 Å². The fraction of sp³-hybridized carbons (Fsp3) is 1.00. The van der Waals surface area contributed by atoms with Gasteiger partial charge in [-0.25, -0.2) is 0 Å². The Kier molecular flexibility index (Phi) is 2.79. The fourth-order valence-electron chi connectivity index (χ4n) is 1.39. The van der Waals surface area contributed by atoms with Gasteiger partial charge in [0.25, 0.3) is 0 Å². The van der Waals surface area contributed by atoms with Crippen molar-refractivity contribution in [2.45, 2.75) is 58.3 Å². The molecule has 0 spiro atoms. The van der Waals surface area contributed by atoms with Gasteiger partial charge < -0.3 is 9.84 Å². The maximum atomic E-state index is 9.52. The Morgan fingerprint density at radius 3 is 2.25 bits per heavy atom. The lowest BCUT2D eigenvalue weighted by Gasteiger charge is -2.13. The number of hydrogen-bond acceptors (Lipinski definition) is 2. The molecule has 2 atom stereocenters. The van der Waals surface area contributed by atoms with Gasteiger partial charge in [-0.3, -0.25) is 0 Å². The number of ether oxygens (including phenoxy) is 1. The van der Waals surface area contributed by atoms with Crippen LogP contribution in [0.2, 0.25) is 0 Å². The van der Waals surface area contributed by atoms with Gasteiger partial charge in [-0.2, -0.15) is 0 Å². The largest absolute Gasteiger partial charge is 0.393 e. The van der Waals surface area contributed by atoms with Crippen molar-refractivity contribution in [1.82, 2.24) is 0 Å². The van der Waals surface area contributed by atoms with Crippen molar-refractivity contribution in [3.8, 4) is 0 Å². The third kappa shape index (κ3) is 2.46. The number of epoxide rings is 1. The van der Waals surface area contributed by atoms with Crippen LogP contribution in [-0.4, -0.2) is 22.9 Å². The van der Waals surface area contributed by atoms with E-state index in [9.17, 15) is 5.11 Å². The molecule has 1 aliphatic rings. The molecule has 2 unspecified atom stereocenters. The first-order valence-electron chi connectivity index (χ1n) is 4.79. The summed E-state index contributed by atoms with van der Waals surface area (Å²) in [5.74, 6) is 0.367. The van der Waals surface area contributed by atoms with E-state index in [4.69, 9.17) is 4.74 Å². The van der Waals surface area contributed by atoms with Gasteiger partial charge >= 0.3 is 0 Å². The van der Waals surface area contributed by atoms with Crippen molar-refractivity contribution >= 4 is 0 Å². The summed E-state index contributed by atoms with van der Waals surface area (Å²) in [5.41, 5.74) is 0.0801. The summed E-state index contributed by atoms with van der Waals surface area (Å²) in [6, 6.07) is 0. The minimum atomic E-state index is -0.162. The van der Waals surface area contributed by atoms with Gasteiger partial charge in [-0.1, -0.05) is 13.8 Å². The van der Waals surface area contributed by atoms with Crippen molar-refractivity contribution in [1.29, 1.82) is 0 Å². The zero-order chi connectivity index (χ0) is 9.35. The summed E-state index contributed by atoms with van der Waals surface area (Å²) < 4.78 is 5.42. The Morgan fingerprint density at radius 2 is 1.92 bits per heavy atom. The first kappa shape index (κ1) is 10.0. The predicted molar refractivity (Wildman–Crippen MR) is 49.0 cm³/mol. The summed E-state index contributed by atoms with van der Waals surface area (Å²) in [6.45, 7) is 8.28. The second kappa shape index (κ2) is 3.35. The molecule has 0 radical (unpaired) electrons. The van der Waals surface area contributed by atoms with E-state index in [1.54, 1.807) is 0 Å². The van der Waals surface area contributed by atoms with Gasteiger partial charge in [-0.15, -0.1) is 0 Å². The van der Waals surface area contributed by atoms with Gasteiger partial charge in [0.1, 0.15) is 0 Å². The van der Waals surface area contributed by atoms with Crippen molar-refractivity contribution in [3.05, 3.63) is 0 Å². The van der Waals surface area contributed by atoms with E-state index in [1.807, 2.05) is 13.8 Å². The summed E-state index contributed by atoms with van der Waals surface area (Å²) in [6.07, 6.45) is 2.08. The molecule has 2 nitrogen and oxygen atoms in total. The van der Waals surface area contributed by atoms with Crippen LogP contribution in [0.5, 0.6) is 0 Å². The number of rotatable bonds is 4. The molecular formula is C10H20O2. The lowest BCUT2D eigenvalue weighted by Crippen LogP contribution is -2.16. The van der Waals surface area contributed by atoms with Gasteiger partial charge in [0.15, 0.2) is 0 Å². The zero-order valence-corrected chi connectivity index (χ0v) is 8.50. The average molecular weight is 172 g/mol. The van der Waals surface area contributed by atoms with Crippen LogP contribution < -0.4 is 0 Å².